The third-order valence-corrected chi connectivity index (χ3v) is 5.32. The highest BCUT2D eigenvalue weighted by Crippen LogP contribution is 2.38. The van der Waals surface area contributed by atoms with Crippen molar-refractivity contribution in [3.8, 4) is 0 Å². The molecule has 138 valence electrons. The molecule has 2 fully saturated rings. The minimum atomic E-state index is 0.0211. The molecule has 0 aromatic carbocycles. The number of hydrogen-bond donors (Lipinski definition) is 1. The summed E-state index contributed by atoms with van der Waals surface area (Å²) < 4.78 is 1.73. The van der Waals surface area contributed by atoms with Crippen LogP contribution < -0.4 is 15.8 Å². The van der Waals surface area contributed by atoms with Gasteiger partial charge in [-0.2, -0.15) is 10.1 Å². The lowest BCUT2D eigenvalue weighted by molar-refractivity contribution is 0.301. The molecule has 2 heterocycles. The van der Waals surface area contributed by atoms with Gasteiger partial charge in [0.2, 0.25) is 5.95 Å². The first-order valence-electron chi connectivity index (χ1n) is 9.47. The summed E-state index contributed by atoms with van der Waals surface area (Å²) in [6.45, 7) is 0. The van der Waals surface area contributed by atoms with Crippen molar-refractivity contribution in [2.24, 2.45) is 0 Å². The minimum Gasteiger partial charge on any atom is -0.363 e. The van der Waals surface area contributed by atoms with Crippen LogP contribution >= 0.6 is 0 Å². The van der Waals surface area contributed by atoms with Gasteiger partial charge in [-0.05, 0) is 50.7 Å². The van der Waals surface area contributed by atoms with Crippen LogP contribution in [0, 0.1) is 0 Å². The van der Waals surface area contributed by atoms with E-state index in [1.165, 1.54) is 12.8 Å². The molecule has 2 aliphatic rings. The van der Waals surface area contributed by atoms with E-state index in [1.54, 1.807) is 16.9 Å². The first kappa shape index (κ1) is 17.0. The van der Waals surface area contributed by atoms with Crippen molar-refractivity contribution in [3.63, 3.8) is 0 Å². The number of aromatic nitrogens is 4. The van der Waals surface area contributed by atoms with E-state index in [-0.39, 0.29) is 11.6 Å². The molecule has 2 aromatic rings. The highest BCUT2D eigenvalue weighted by Gasteiger charge is 2.28. The second-order valence-electron chi connectivity index (χ2n) is 7.60. The maximum Gasteiger partial charge on any atom is 0.267 e. The molecule has 0 aliphatic heterocycles. The molecule has 26 heavy (non-hydrogen) atoms. The lowest BCUT2D eigenvalue weighted by Crippen LogP contribution is -2.33. The van der Waals surface area contributed by atoms with Crippen molar-refractivity contribution < 1.29 is 0 Å². The Kier molecular flexibility index (Phi) is 4.61. The fourth-order valence-electron chi connectivity index (χ4n) is 3.61. The summed E-state index contributed by atoms with van der Waals surface area (Å²) in [6, 6.07) is 6.02. The zero-order chi connectivity index (χ0) is 18.1. The normalized spacial score (nSPS) is 22.8. The molecule has 0 spiro atoms. The molecule has 0 saturated heterocycles. The van der Waals surface area contributed by atoms with E-state index in [2.05, 4.69) is 20.4 Å². The summed E-state index contributed by atoms with van der Waals surface area (Å²) in [6.07, 6.45) is 8.06. The Morgan fingerprint density at radius 3 is 2.54 bits per heavy atom. The molecule has 1 N–H and O–H groups in total. The molecule has 0 atom stereocenters. The number of hydrogen-bond acceptors (Lipinski definition) is 6. The lowest BCUT2D eigenvalue weighted by Gasteiger charge is -2.29. The smallest absolute Gasteiger partial charge is 0.267 e. The van der Waals surface area contributed by atoms with Gasteiger partial charge in [0.25, 0.3) is 5.56 Å². The Morgan fingerprint density at radius 2 is 1.85 bits per heavy atom. The van der Waals surface area contributed by atoms with Crippen molar-refractivity contribution >= 4 is 11.8 Å². The van der Waals surface area contributed by atoms with Gasteiger partial charge in [-0.3, -0.25) is 4.79 Å². The van der Waals surface area contributed by atoms with Crippen LogP contribution in [-0.2, 0) is 0 Å². The predicted octanol–water partition coefficient (Wildman–Crippen LogP) is 2.57. The molecular weight excluding hydrogens is 328 g/mol. The van der Waals surface area contributed by atoms with E-state index < -0.39 is 0 Å². The zero-order valence-electron chi connectivity index (χ0n) is 15.4. The Hall–Kier alpha value is -2.44. The molecule has 0 radical (unpaired) electrons. The van der Waals surface area contributed by atoms with Crippen molar-refractivity contribution in [2.45, 2.75) is 56.5 Å². The van der Waals surface area contributed by atoms with Crippen LogP contribution in [0.4, 0.5) is 11.8 Å². The molecule has 4 rings (SSSR count). The van der Waals surface area contributed by atoms with E-state index in [0.29, 0.717) is 17.9 Å². The first-order chi connectivity index (χ1) is 12.6. The quantitative estimate of drug-likeness (QED) is 0.889. The molecule has 2 aliphatic carbocycles. The summed E-state index contributed by atoms with van der Waals surface area (Å²) in [7, 11) is 3.94. The van der Waals surface area contributed by atoms with E-state index in [4.69, 9.17) is 0 Å². The van der Waals surface area contributed by atoms with Crippen LogP contribution in [0.5, 0.6) is 0 Å². The maximum absolute atomic E-state index is 12.2. The van der Waals surface area contributed by atoms with Crippen molar-refractivity contribution in [1.82, 2.24) is 19.7 Å². The molecule has 2 saturated carbocycles. The molecular formula is C19H26N6O. The Morgan fingerprint density at radius 1 is 1.08 bits per heavy atom. The molecule has 2 aromatic heterocycles. The van der Waals surface area contributed by atoms with Gasteiger partial charge in [0.1, 0.15) is 5.82 Å². The third-order valence-electron chi connectivity index (χ3n) is 5.32. The molecule has 7 heteroatoms. The van der Waals surface area contributed by atoms with Crippen LogP contribution in [0.2, 0.25) is 0 Å². The van der Waals surface area contributed by atoms with E-state index in [1.807, 2.05) is 31.1 Å². The SMILES string of the molecule is CN(C)c1ccnc(NC2CCC(n3nc(C4CC4)ccc3=O)CC2)n1. The Labute approximate surface area is 153 Å². The predicted molar refractivity (Wildman–Crippen MR) is 102 cm³/mol. The van der Waals surface area contributed by atoms with E-state index >= 15 is 0 Å². The summed E-state index contributed by atoms with van der Waals surface area (Å²) >= 11 is 0. The highest BCUT2D eigenvalue weighted by atomic mass is 16.1. The number of rotatable bonds is 5. The van der Waals surface area contributed by atoms with Crippen molar-refractivity contribution in [3.05, 3.63) is 40.4 Å². The monoisotopic (exact) mass is 354 g/mol. The van der Waals surface area contributed by atoms with Crippen LogP contribution in [0.15, 0.2) is 29.2 Å². The highest BCUT2D eigenvalue weighted by molar-refractivity contribution is 5.41. The summed E-state index contributed by atoms with van der Waals surface area (Å²) in [5.41, 5.74) is 1.10. The van der Waals surface area contributed by atoms with Gasteiger partial charge < -0.3 is 10.2 Å². The van der Waals surface area contributed by atoms with E-state index in [0.717, 1.165) is 37.2 Å². The van der Waals surface area contributed by atoms with Gasteiger partial charge in [-0.25, -0.2) is 9.67 Å². The topological polar surface area (TPSA) is 75.9 Å². The van der Waals surface area contributed by atoms with Gasteiger partial charge >= 0.3 is 0 Å². The van der Waals surface area contributed by atoms with Gasteiger partial charge in [0.15, 0.2) is 0 Å². The van der Waals surface area contributed by atoms with Gasteiger partial charge in [-0.1, -0.05) is 0 Å². The van der Waals surface area contributed by atoms with Crippen LogP contribution in [-0.4, -0.2) is 39.9 Å². The molecule has 0 amide bonds. The second-order valence-corrected chi connectivity index (χ2v) is 7.60. The van der Waals surface area contributed by atoms with Gasteiger partial charge in [0.05, 0.1) is 11.7 Å². The lowest BCUT2D eigenvalue weighted by atomic mass is 9.91. The largest absolute Gasteiger partial charge is 0.363 e. The minimum absolute atomic E-state index is 0.0211. The van der Waals surface area contributed by atoms with Crippen LogP contribution in [0.3, 0.4) is 0 Å². The van der Waals surface area contributed by atoms with Crippen molar-refractivity contribution in [1.29, 1.82) is 0 Å². The Bertz CT molecular complexity index is 821. The number of anilines is 2. The number of nitrogens with one attached hydrogen (secondary N) is 1. The summed E-state index contributed by atoms with van der Waals surface area (Å²) in [5.74, 6) is 2.13. The standard InChI is InChI=1S/C19H26N6O/c1-24(2)17-11-12-20-19(22-17)21-14-5-7-15(8-6-14)25-18(26)10-9-16(23-25)13-3-4-13/h9-15H,3-8H2,1-2H3,(H,20,21,22). The average Bonchev–Trinajstić information content (AvgIpc) is 3.48. The fraction of sp³-hybridized carbons (Fsp3) is 0.579. The molecule has 0 bridgehead atoms. The van der Waals surface area contributed by atoms with Crippen molar-refractivity contribution in [2.75, 3.05) is 24.3 Å². The molecule has 7 nitrogen and oxygen atoms in total. The van der Waals surface area contributed by atoms with Crippen LogP contribution in [0.25, 0.3) is 0 Å². The summed E-state index contributed by atoms with van der Waals surface area (Å²) in [4.78, 5) is 23.1. The average molecular weight is 354 g/mol. The second kappa shape index (κ2) is 7.05. The van der Waals surface area contributed by atoms with Gasteiger partial charge in [-0.15, -0.1) is 0 Å². The van der Waals surface area contributed by atoms with Crippen LogP contribution in [0.1, 0.15) is 56.2 Å². The van der Waals surface area contributed by atoms with Gasteiger partial charge in [0, 0.05) is 38.3 Å². The van der Waals surface area contributed by atoms with E-state index in [9.17, 15) is 4.79 Å². The first-order valence-corrected chi connectivity index (χ1v) is 9.47. The third kappa shape index (κ3) is 3.71. The summed E-state index contributed by atoms with van der Waals surface area (Å²) in [5, 5.41) is 8.10. The fourth-order valence-corrected chi connectivity index (χ4v) is 3.61. The molecule has 0 unspecified atom stereocenters. The maximum atomic E-state index is 12.2. The number of nitrogens with zero attached hydrogens (tertiary/aromatic N) is 5. The zero-order valence-corrected chi connectivity index (χ0v) is 15.4. The Balaban J connectivity index is 1.39.